The fourth-order valence-corrected chi connectivity index (χ4v) is 3.49. The summed E-state index contributed by atoms with van der Waals surface area (Å²) in [7, 11) is 0. The normalized spacial score (nSPS) is 15.0. The van der Waals surface area contributed by atoms with Crippen LogP contribution in [0.3, 0.4) is 0 Å². The van der Waals surface area contributed by atoms with Crippen molar-refractivity contribution in [3.8, 4) is 0 Å². The summed E-state index contributed by atoms with van der Waals surface area (Å²) >= 11 is 0. The van der Waals surface area contributed by atoms with Crippen LogP contribution in [0.15, 0.2) is 37.1 Å². The second-order valence-corrected chi connectivity index (χ2v) is 6.99. The van der Waals surface area contributed by atoms with E-state index in [2.05, 4.69) is 13.2 Å². The molecule has 8 heteroatoms. The molecule has 0 atom stereocenters. The quantitative estimate of drug-likeness (QED) is 0.577. The predicted octanol–water partition coefficient (Wildman–Crippen LogP) is 5.33. The lowest BCUT2D eigenvalue weighted by atomic mass is 9.99. The smallest absolute Gasteiger partial charge is 0.418 e. The highest BCUT2D eigenvalue weighted by atomic mass is 19.4. The van der Waals surface area contributed by atoms with Crippen LogP contribution in [0.1, 0.15) is 37.8 Å². The number of hydrogen-bond donors (Lipinski definition) is 0. The van der Waals surface area contributed by atoms with E-state index >= 15 is 0 Å². The number of rotatable bonds is 6. The Morgan fingerprint density at radius 2 is 1.87 bits per heavy atom. The zero-order valence-electron chi connectivity index (χ0n) is 17.6. The molecule has 0 spiro atoms. The van der Waals surface area contributed by atoms with Crippen molar-refractivity contribution in [3.05, 3.63) is 48.2 Å². The van der Waals surface area contributed by atoms with Crippen LogP contribution in [0.4, 0.5) is 23.7 Å². The number of amides is 1. The minimum atomic E-state index is -4.52. The highest BCUT2D eigenvalue weighted by molar-refractivity contribution is 5.81. The number of carbonyl (C=O) groups excluding carboxylic acids is 1. The van der Waals surface area contributed by atoms with E-state index in [0.29, 0.717) is 56.0 Å². The van der Waals surface area contributed by atoms with Gasteiger partial charge in [-0.2, -0.15) is 13.2 Å². The summed E-state index contributed by atoms with van der Waals surface area (Å²) in [6, 6.07) is 4.07. The minimum absolute atomic E-state index is 0.0880. The summed E-state index contributed by atoms with van der Waals surface area (Å²) in [4.78, 5) is 15.4. The number of nitrogens with zero attached hydrogens (tertiary/aromatic N) is 2. The molecule has 0 radical (unpaired) electrons. The van der Waals surface area contributed by atoms with Gasteiger partial charge in [-0.15, -0.1) is 0 Å². The minimum Gasteiger partial charge on any atom is -0.499 e. The van der Waals surface area contributed by atoms with E-state index in [1.54, 1.807) is 17.9 Å². The molecule has 5 nitrogen and oxygen atoms in total. The molecule has 1 heterocycles. The molecule has 0 saturated heterocycles. The van der Waals surface area contributed by atoms with Crippen molar-refractivity contribution in [2.45, 2.75) is 32.9 Å². The van der Waals surface area contributed by atoms with Crippen LogP contribution in [-0.4, -0.2) is 50.4 Å². The SMILES string of the molecule is C=C(CCN1CCCN(C(=O)OCC)CC(=C)c2cccc(C(F)(F)F)c21)OCC. The Morgan fingerprint density at radius 1 is 1.17 bits per heavy atom. The Kier molecular flexibility index (Phi) is 8.20. The first kappa shape index (κ1) is 23.6. The molecular weight excluding hydrogens is 397 g/mol. The first-order valence-electron chi connectivity index (χ1n) is 10.0. The number of hydrogen-bond acceptors (Lipinski definition) is 4. The first-order valence-corrected chi connectivity index (χ1v) is 10.0. The Bertz CT molecular complexity index is 777. The average Bonchev–Trinajstić information content (AvgIpc) is 2.74. The molecule has 166 valence electrons. The molecule has 2 rings (SSSR count). The first-order chi connectivity index (χ1) is 14.2. The second-order valence-electron chi connectivity index (χ2n) is 6.99. The van der Waals surface area contributed by atoms with Crippen molar-refractivity contribution in [1.29, 1.82) is 0 Å². The number of fused-ring (bicyclic) bond motifs is 1. The summed E-state index contributed by atoms with van der Waals surface area (Å²) in [5.74, 6) is 0.524. The molecule has 1 aliphatic rings. The monoisotopic (exact) mass is 426 g/mol. The Hall–Kier alpha value is -2.64. The molecule has 0 saturated carbocycles. The van der Waals surface area contributed by atoms with Gasteiger partial charge in [-0.25, -0.2) is 4.79 Å². The maximum atomic E-state index is 13.9. The highest BCUT2D eigenvalue weighted by Gasteiger charge is 2.37. The second kappa shape index (κ2) is 10.4. The highest BCUT2D eigenvalue weighted by Crippen LogP contribution is 2.41. The molecule has 0 bridgehead atoms. The van der Waals surface area contributed by atoms with Gasteiger partial charge in [0, 0.05) is 38.2 Å². The van der Waals surface area contributed by atoms with Gasteiger partial charge < -0.3 is 19.3 Å². The Morgan fingerprint density at radius 3 is 2.50 bits per heavy atom. The van der Waals surface area contributed by atoms with E-state index in [9.17, 15) is 18.0 Å². The summed E-state index contributed by atoms with van der Waals surface area (Å²) < 4.78 is 52.0. The van der Waals surface area contributed by atoms with E-state index < -0.39 is 17.8 Å². The van der Waals surface area contributed by atoms with Gasteiger partial charge in [0.1, 0.15) is 0 Å². The lowest BCUT2D eigenvalue weighted by Crippen LogP contribution is -2.35. The maximum Gasteiger partial charge on any atom is 0.418 e. The van der Waals surface area contributed by atoms with Gasteiger partial charge in [0.05, 0.1) is 30.2 Å². The van der Waals surface area contributed by atoms with E-state index in [1.165, 1.54) is 11.0 Å². The molecular formula is C22H29F3N2O3. The summed E-state index contributed by atoms with van der Waals surface area (Å²) in [5.41, 5.74) is 0.181. The van der Waals surface area contributed by atoms with Crippen molar-refractivity contribution in [1.82, 2.24) is 4.90 Å². The van der Waals surface area contributed by atoms with Crippen molar-refractivity contribution in [3.63, 3.8) is 0 Å². The van der Waals surface area contributed by atoms with E-state index in [4.69, 9.17) is 9.47 Å². The zero-order chi connectivity index (χ0) is 22.3. The summed E-state index contributed by atoms with van der Waals surface area (Å²) in [6.07, 6.45) is -4.13. The fourth-order valence-electron chi connectivity index (χ4n) is 3.49. The van der Waals surface area contributed by atoms with Crippen LogP contribution >= 0.6 is 0 Å². The van der Waals surface area contributed by atoms with Crippen LogP contribution in [0, 0.1) is 0 Å². The number of halogens is 3. The molecule has 1 aromatic rings. The molecule has 1 aromatic carbocycles. The van der Waals surface area contributed by atoms with E-state index in [-0.39, 0.29) is 18.8 Å². The average molecular weight is 426 g/mol. The Balaban J connectivity index is 2.46. The third-order valence-electron chi connectivity index (χ3n) is 4.81. The van der Waals surface area contributed by atoms with E-state index in [0.717, 1.165) is 6.07 Å². The Labute approximate surface area is 175 Å². The van der Waals surface area contributed by atoms with Crippen LogP contribution in [-0.2, 0) is 15.7 Å². The molecule has 0 aliphatic carbocycles. The van der Waals surface area contributed by atoms with E-state index in [1.807, 2.05) is 6.92 Å². The number of carbonyl (C=O) groups is 1. The molecule has 0 aromatic heterocycles. The van der Waals surface area contributed by atoms with Crippen LogP contribution < -0.4 is 4.90 Å². The number of alkyl halides is 3. The van der Waals surface area contributed by atoms with Crippen molar-refractivity contribution >= 4 is 17.4 Å². The molecule has 30 heavy (non-hydrogen) atoms. The standard InChI is InChI=1S/C22H29F3N2O3/c1-5-29-17(4)11-14-26-12-8-13-27(21(28)30-6-2)15-16(3)18-9-7-10-19(20(18)26)22(23,24)25/h7,9-10H,3-6,8,11-15H2,1-2H3. The fraction of sp³-hybridized carbons (Fsp3) is 0.500. The van der Waals surface area contributed by atoms with Gasteiger partial charge in [-0.05, 0) is 31.9 Å². The lowest BCUT2D eigenvalue weighted by molar-refractivity contribution is -0.137. The number of benzene rings is 1. The molecule has 0 unspecified atom stereocenters. The van der Waals surface area contributed by atoms with Gasteiger partial charge in [-0.3, -0.25) is 0 Å². The van der Waals surface area contributed by atoms with Gasteiger partial charge in [-0.1, -0.05) is 25.3 Å². The lowest BCUT2D eigenvalue weighted by Gasteiger charge is -2.30. The maximum absolute atomic E-state index is 13.9. The largest absolute Gasteiger partial charge is 0.499 e. The zero-order valence-corrected chi connectivity index (χ0v) is 17.6. The summed E-state index contributed by atoms with van der Waals surface area (Å²) in [5, 5.41) is 0. The third kappa shape index (κ3) is 5.93. The van der Waals surface area contributed by atoms with Crippen LogP contribution in [0.25, 0.3) is 5.57 Å². The molecule has 1 amide bonds. The van der Waals surface area contributed by atoms with Crippen LogP contribution in [0.5, 0.6) is 0 Å². The molecule has 1 aliphatic heterocycles. The van der Waals surface area contributed by atoms with Gasteiger partial charge in [0.15, 0.2) is 0 Å². The number of ether oxygens (including phenoxy) is 2. The number of para-hydroxylation sites is 1. The van der Waals surface area contributed by atoms with Gasteiger partial charge in [0.2, 0.25) is 0 Å². The number of anilines is 1. The van der Waals surface area contributed by atoms with Crippen molar-refractivity contribution in [2.75, 3.05) is 44.3 Å². The summed E-state index contributed by atoms with van der Waals surface area (Å²) in [6.45, 7) is 13.1. The van der Waals surface area contributed by atoms with Gasteiger partial charge in [0.25, 0.3) is 0 Å². The molecule has 0 fully saturated rings. The van der Waals surface area contributed by atoms with Crippen LogP contribution in [0.2, 0.25) is 0 Å². The van der Waals surface area contributed by atoms with Crippen molar-refractivity contribution < 1.29 is 27.4 Å². The topological polar surface area (TPSA) is 42.0 Å². The van der Waals surface area contributed by atoms with Crippen molar-refractivity contribution in [2.24, 2.45) is 0 Å². The predicted molar refractivity (Wildman–Crippen MR) is 111 cm³/mol. The molecule has 0 N–H and O–H groups in total. The van der Waals surface area contributed by atoms with Gasteiger partial charge >= 0.3 is 12.3 Å². The third-order valence-corrected chi connectivity index (χ3v) is 4.81.